The number of nitrogens with two attached hydrogens (primary N) is 1. The highest BCUT2D eigenvalue weighted by Gasteiger charge is 2.24. The average molecular weight is 181 g/mol. The van der Waals surface area contributed by atoms with Crippen LogP contribution in [-0.4, -0.2) is 11.1 Å². The molecule has 13 heavy (non-hydrogen) atoms. The first-order chi connectivity index (χ1) is 6.31. The van der Waals surface area contributed by atoms with Crippen LogP contribution < -0.4 is 11.3 Å². The van der Waals surface area contributed by atoms with Gasteiger partial charge in [-0.2, -0.15) is 0 Å². The molecule has 1 saturated carbocycles. The van der Waals surface area contributed by atoms with E-state index in [2.05, 4.69) is 5.16 Å². The minimum absolute atomic E-state index is 0.254. The van der Waals surface area contributed by atoms with E-state index in [4.69, 9.17) is 10.4 Å². The normalized spacial score (nSPS) is 16.7. The topological polar surface area (TPSA) is 81.1 Å². The molecule has 2 rings (SSSR count). The number of hydrazine groups is 1. The van der Waals surface area contributed by atoms with Crippen LogP contribution in [0.5, 0.6) is 0 Å². The largest absolute Gasteiger partial charge is 0.360 e. The van der Waals surface area contributed by atoms with Crippen LogP contribution in [0.1, 0.15) is 41.4 Å². The molecule has 1 aliphatic rings. The van der Waals surface area contributed by atoms with Crippen LogP contribution in [-0.2, 0) is 0 Å². The molecule has 3 N–H and O–H groups in total. The van der Waals surface area contributed by atoms with Crippen LogP contribution in [0.25, 0.3) is 0 Å². The SMILES string of the molecule is NNC(=O)c1cc(C2CCC2)on1. The summed E-state index contributed by atoms with van der Waals surface area (Å²) < 4.78 is 5.03. The summed E-state index contributed by atoms with van der Waals surface area (Å²) in [6.07, 6.45) is 3.47. The summed E-state index contributed by atoms with van der Waals surface area (Å²) in [5.41, 5.74) is 2.26. The Balaban J connectivity index is 2.12. The second-order valence-electron chi connectivity index (χ2n) is 3.22. The zero-order valence-corrected chi connectivity index (χ0v) is 7.12. The molecule has 0 radical (unpaired) electrons. The van der Waals surface area contributed by atoms with Gasteiger partial charge in [-0.3, -0.25) is 10.2 Å². The lowest BCUT2D eigenvalue weighted by molar-refractivity contribution is 0.0944. The van der Waals surface area contributed by atoms with Gasteiger partial charge in [-0.25, -0.2) is 5.84 Å². The number of nitrogens with zero attached hydrogens (tertiary/aromatic N) is 1. The Hall–Kier alpha value is -1.36. The molecule has 1 aromatic rings. The lowest BCUT2D eigenvalue weighted by Gasteiger charge is -2.21. The molecule has 70 valence electrons. The molecule has 1 aromatic heterocycles. The summed E-state index contributed by atoms with van der Waals surface area (Å²) in [7, 11) is 0. The Bertz CT molecular complexity index is 317. The van der Waals surface area contributed by atoms with Crippen molar-refractivity contribution in [1.29, 1.82) is 0 Å². The number of aromatic nitrogens is 1. The van der Waals surface area contributed by atoms with Crippen LogP contribution in [0.2, 0.25) is 0 Å². The molecule has 1 heterocycles. The van der Waals surface area contributed by atoms with Crippen molar-refractivity contribution in [3.05, 3.63) is 17.5 Å². The maximum Gasteiger partial charge on any atom is 0.287 e. The molecular formula is C8H11N3O2. The number of carbonyl (C=O) groups excluding carboxylic acids is 1. The van der Waals surface area contributed by atoms with Gasteiger partial charge in [0.15, 0.2) is 5.69 Å². The highest BCUT2D eigenvalue weighted by molar-refractivity contribution is 5.91. The smallest absolute Gasteiger partial charge is 0.287 e. The van der Waals surface area contributed by atoms with E-state index in [0.29, 0.717) is 5.92 Å². The molecule has 1 fully saturated rings. The number of nitrogens with one attached hydrogen (secondary N) is 1. The van der Waals surface area contributed by atoms with Gasteiger partial charge in [-0.15, -0.1) is 0 Å². The van der Waals surface area contributed by atoms with Crippen molar-refractivity contribution in [2.45, 2.75) is 25.2 Å². The molecule has 5 heteroatoms. The van der Waals surface area contributed by atoms with E-state index in [0.717, 1.165) is 18.6 Å². The lowest BCUT2D eigenvalue weighted by atomic mass is 9.83. The van der Waals surface area contributed by atoms with Gasteiger partial charge in [-0.1, -0.05) is 11.6 Å². The lowest BCUT2D eigenvalue weighted by Crippen LogP contribution is -2.30. The third-order valence-electron chi connectivity index (χ3n) is 2.40. The van der Waals surface area contributed by atoms with E-state index < -0.39 is 5.91 Å². The average Bonchev–Trinajstić information content (AvgIpc) is 2.49. The number of carbonyl (C=O) groups is 1. The second-order valence-corrected chi connectivity index (χ2v) is 3.22. The van der Waals surface area contributed by atoms with Gasteiger partial charge in [0.1, 0.15) is 5.76 Å². The molecule has 0 unspecified atom stereocenters. The Labute approximate surface area is 75.2 Å². The van der Waals surface area contributed by atoms with Crippen molar-refractivity contribution in [3.63, 3.8) is 0 Å². The van der Waals surface area contributed by atoms with Crippen molar-refractivity contribution >= 4 is 5.91 Å². The highest BCUT2D eigenvalue weighted by atomic mass is 16.5. The monoisotopic (exact) mass is 181 g/mol. The van der Waals surface area contributed by atoms with Crippen LogP contribution in [0.3, 0.4) is 0 Å². The maximum absolute atomic E-state index is 11.0. The highest BCUT2D eigenvalue weighted by Crippen LogP contribution is 2.36. The molecule has 0 bridgehead atoms. The van der Waals surface area contributed by atoms with Gasteiger partial charge in [0.2, 0.25) is 0 Å². The zero-order valence-electron chi connectivity index (χ0n) is 7.12. The summed E-state index contributed by atoms with van der Waals surface area (Å²) in [6.45, 7) is 0. The van der Waals surface area contributed by atoms with E-state index >= 15 is 0 Å². The number of hydrogen-bond acceptors (Lipinski definition) is 4. The summed E-state index contributed by atoms with van der Waals surface area (Å²) >= 11 is 0. The summed E-state index contributed by atoms with van der Waals surface area (Å²) in [4.78, 5) is 11.0. The Morgan fingerprint density at radius 1 is 1.69 bits per heavy atom. The third kappa shape index (κ3) is 1.42. The first kappa shape index (κ1) is 8.25. The quantitative estimate of drug-likeness (QED) is 0.396. The van der Waals surface area contributed by atoms with Crippen LogP contribution in [0.4, 0.5) is 0 Å². The number of hydrogen-bond donors (Lipinski definition) is 2. The number of amides is 1. The summed E-state index contributed by atoms with van der Waals surface area (Å²) in [6, 6.07) is 1.66. The van der Waals surface area contributed by atoms with Crippen molar-refractivity contribution in [2.24, 2.45) is 5.84 Å². The van der Waals surface area contributed by atoms with Gasteiger partial charge in [0.05, 0.1) is 0 Å². The standard InChI is InChI=1S/C8H11N3O2/c9-10-8(12)6-4-7(13-11-6)5-2-1-3-5/h4-5H,1-3,9H2,(H,10,12). The zero-order chi connectivity index (χ0) is 9.26. The fourth-order valence-corrected chi connectivity index (χ4v) is 1.36. The predicted molar refractivity (Wildman–Crippen MR) is 44.7 cm³/mol. The first-order valence-electron chi connectivity index (χ1n) is 4.29. The van der Waals surface area contributed by atoms with E-state index in [-0.39, 0.29) is 5.69 Å². The van der Waals surface area contributed by atoms with Gasteiger partial charge < -0.3 is 4.52 Å². The van der Waals surface area contributed by atoms with E-state index in [1.54, 1.807) is 6.07 Å². The minimum atomic E-state index is -0.408. The Morgan fingerprint density at radius 2 is 2.46 bits per heavy atom. The fraction of sp³-hybridized carbons (Fsp3) is 0.500. The Kier molecular flexibility index (Phi) is 2.02. The van der Waals surface area contributed by atoms with Crippen molar-refractivity contribution in [3.8, 4) is 0 Å². The van der Waals surface area contributed by atoms with Gasteiger partial charge in [0.25, 0.3) is 5.91 Å². The molecule has 0 spiro atoms. The molecule has 0 atom stereocenters. The molecule has 1 aliphatic carbocycles. The van der Waals surface area contributed by atoms with Gasteiger partial charge >= 0.3 is 0 Å². The first-order valence-corrected chi connectivity index (χ1v) is 4.29. The van der Waals surface area contributed by atoms with E-state index in [1.807, 2.05) is 5.43 Å². The predicted octanol–water partition coefficient (Wildman–Crippen LogP) is 0.546. The third-order valence-corrected chi connectivity index (χ3v) is 2.40. The molecule has 0 saturated heterocycles. The van der Waals surface area contributed by atoms with E-state index in [1.165, 1.54) is 6.42 Å². The number of nitrogen functional groups attached to an aromatic ring is 1. The Morgan fingerprint density at radius 3 is 3.00 bits per heavy atom. The number of rotatable bonds is 2. The molecule has 0 aliphatic heterocycles. The van der Waals surface area contributed by atoms with Crippen molar-refractivity contribution in [2.75, 3.05) is 0 Å². The summed E-state index contributed by atoms with van der Waals surface area (Å²) in [5.74, 6) is 5.79. The molecule has 1 amide bonds. The van der Waals surface area contributed by atoms with Crippen LogP contribution in [0, 0.1) is 0 Å². The van der Waals surface area contributed by atoms with Gasteiger partial charge in [-0.05, 0) is 12.8 Å². The molecule has 0 aromatic carbocycles. The van der Waals surface area contributed by atoms with Crippen molar-refractivity contribution < 1.29 is 9.32 Å². The second kappa shape index (κ2) is 3.18. The molecule has 5 nitrogen and oxygen atoms in total. The molecular weight excluding hydrogens is 170 g/mol. The van der Waals surface area contributed by atoms with E-state index in [9.17, 15) is 4.79 Å². The minimum Gasteiger partial charge on any atom is -0.360 e. The van der Waals surface area contributed by atoms with Crippen LogP contribution >= 0.6 is 0 Å². The summed E-state index contributed by atoms with van der Waals surface area (Å²) in [5, 5.41) is 3.62. The fourth-order valence-electron chi connectivity index (χ4n) is 1.36. The van der Waals surface area contributed by atoms with Gasteiger partial charge in [0, 0.05) is 12.0 Å². The van der Waals surface area contributed by atoms with Crippen molar-refractivity contribution in [1.82, 2.24) is 10.6 Å². The maximum atomic E-state index is 11.0. The van der Waals surface area contributed by atoms with Crippen LogP contribution in [0.15, 0.2) is 10.6 Å².